The maximum absolute atomic E-state index is 11.5. The number of rotatable bonds is 5. The Hall–Kier alpha value is -0.610. The van der Waals surface area contributed by atoms with E-state index in [2.05, 4.69) is 12.2 Å². The van der Waals surface area contributed by atoms with Crippen molar-refractivity contribution in [2.24, 2.45) is 11.8 Å². The van der Waals surface area contributed by atoms with Crippen LogP contribution in [0.4, 0.5) is 0 Å². The quantitative estimate of drug-likeness (QED) is 0.517. The summed E-state index contributed by atoms with van der Waals surface area (Å²) in [5, 5.41) is 3.17. The number of hydrogen-bond donors (Lipinski definition) is 1. The van der Waals surface area contributed by atoms with Crippen molar-refractivity contribution in [2.75, 3.05) is 32.9 Å². The van der Waals surface area contributed by atoms with Crippen LogP contribution in [0.1, 0.15) is 13.8 Å². The third-order valence-electron chi connectivity index (χ3n) is 2.50. The van der Waals surface area contributed by atoms with Crippen LogP contribution in [0.3, 0.4) is 0 Å². The molecule has 0 bridgehead atoms. The SMILES string of the molecule is CCOCCOC(=O)C1CNCC1C. The van der Waals surface area contributed by atoms with Gasteiger partial charge in [0.2, 0.25) is 0 Å². The number of esters is 1. The number of carbonyl (C=O) groups excluding carboxylic acids is 1. The minimum atomic E-state index is -0.0952. The van der Waals surface area contributed by atoms with Gasteiger partial charge in [-0.15, -0.1) is 0 Å². The summed E-state index contributed by atoms with van der Waals surface area (Å²) in [5.74, 6) is 0.313. The normalized spacial score (nSPS) is 26.4. The van der Waals surface area contributed by atoms with E-state index in [9.17, 15) is 4.79 Å². The van der Waals surface area contributed by atoms with Gasteiger partial charge in [-0.1, -0.05) is 6.92 Å². The summed E-state index contributed by atoms with van der Waals surface area (Å²) in [4.78, 5) is 11.5. The van der Waals surface area contributed by atoms with Crippen LogP contribution in [0.5, 0.6) is 0 Å². The molecule has 82 valence electrons. The lowest BCUT2D eigenvalue weighted by molar-refractivity contribution is -0.150. The zero-order valence-electron chi connectivity index (χ0n) is 8.91. The van der Waals surface area contributed by atoms with Gasteiger partial charge in [0, 0.05) is 13.2 Å². The molecule has 0 aromatic carbocycles. The molecular weight excluding hydrogens is 182 g/mol. The van der Waals surface area contributed by atoms with E-state index in [4.69, 9.17) is 9.47 Å². The summed E-state index contributed by atoms with van der Waals surface area (Å²) in [6.45, 7) is 7.17. The first-order valence-electron chi connectivity index (χ1n) is 5.20. The van der Waals surface area contributed by atoms with Crippen molar-refractivity contribution in [1.29, 1.82) is 0 Å². The molecule has 0 aliphatic carbocycles. The van der Waals surface area contributed by atoms with Crippen LogP contribution in [0, 0.1) is 11.8 Å². The molecule has 0 spiro atoms. The second kappa shape index (κ2) is 5.98. The average Bonchev–Trinajstić information content (AvgIpc) is 2.59. The Bertz CT molecular complexity index is 184. The van der Waals surface area contributed by atoms with Gasteiger partial charge in [-0.05, 0) is 19.4 Å². The molecule has 2 atom stereocenters. The Morgan fingerprint density at radius 1 is 1.43 bits per heavy atom. The van der Waals surface area contributed by atoms with E-state index in [0.717, 1.165) is 13.1 Å². The van der Waals surface area contributed by atoms with Crippen molar-refractivity contribution in [1.82, 2.24) is 5.32 Å². The second-order valence-corrected chi connectivity index (χ2v) is 3.61. The van der Waals surface area contributed by atoms with Crippen LogP contribution >= 0.6 is 0 Å². The predicted octanol–water partition coefficient (Wildman–Crippen LogP) is 0.422. The molecule has 0 amide bonds. The predicted molar refractivity (Wildman–Crippen MR) is 53.0 cm³/mol. The van der Waals surface area contributed by atoms with E-state index in [0.29, 0.717) is 25.7 Å². The lowest BCUT2D eigenvalue weighted by Crippen LogP contribution is -2.25. The highest BCUT2D eigenvalue weighted by Gasteiger charge is 2.30. The Balaban J connectivity index is 2.14. The number of ether oxygens (including phenoxy) is 2. The van der Waals surface area contributed by atoms with Crippen molar-refractivity contribution >= 4 is 5.97 Å². The molecule has 1 aliphatic heterocycles. The second-order valence-electron chi connectivity index (χ2n) is 3.61. The number of nitrogens with one attached hydrogen (secondary N) is 1. The number of carbonyl (C=O) groups is 1. The van der Waals surface area contributed by atoms with Gasteiger partial charge in [0.25, 0.3) is 0 Å². The summed E-state index contributed by atoms with van der Waals surface area (Å²) in [6.07, 6.45) is 0. The minimum absolute atomic E-state index is 0.0247. The summed E-state index contributed by atoms with van der Waals surface area (Å²) >= 11 is 0. The van der Waals surface area contributed by atoms with Crippen LogP contribution < -0.4 is 5.32 Å². The van der Waals surface area contributed by atoms with Crippen LogP contribution in [-0.2, 0) is 14.3 Å². The minimum Gasteiger partial charge on any atom is -0.463 e. The molecule has 1 aliphatic rings. The third kappa shape index (κ3) is 3.27. The summed E-state index contributed by atoms with van der Waals surface area (Å²) < 4.78 is 10.2. The van der Waals surface area contributed by atoms with E-state index in [1.54, 1.807) is 0 Å². The highest BCUT2D eigenvalue weighted by atomic mass is 16.6. The molecule has 0 radical (unpaired) electrons. The van der Waals surface area contributed by atoms with Gasteiger partial charge in [0.05, 0.1) is 12.5 Å². The molecule has 0 aromatic heterocycles. The monoisotopic (exact) mass is 201 g/mol. The van der Waals surface area contributed by atoms with Gasteiger partial charge in [-0.3, -0.25) is 4.79 Å². The average molecular weight is 201 g/mol. The van der Waals surface area contributed by atoms with Gasteiger partial charge in [0.1, 0.15) is 6.61 Å². The van der Waals surface area contributed by atoms with E-state index in [-0.39, 0.29) is 11.9 Å². The Morgan fingerprint density at radius 2 is 2.21 bits per heavy atom. The fraction of sp³-hybridized carbons (Fsp3) is 0.900. The summed E-state index contributed by atoms with van der Waals surface area (Å²) in [5.41, 5.74) is 0. The van der Waals surface area contributed by atoms with E-state index < -0.39 is 0 Å². The van der Waals surface area contributed by atoms with E-state index in [1.165, 1.54) is 0 Å². The largest absolute Gasteiger partial charge is 0.463 e. The maximum atomic E-state index is 11.5. The van der Waals surface area contributed by atoms with Crippen molar-refractivity contribution in [3.05, 3.63) is 0 Å². The van der Waals surface area contributed by atoms with Crippen LogP contribution in [0.25, 0.3) is 0 Å². The van der Waals surface area contributed by atoms with Crippen molar-refractivity contribution < 1.29 is 14.3 Å². The molecule has 1 rings (SSSR count). The molecule has 0 saturated carbocycles. The van der Waals surface area contributed by atoms with E-state index in [1.807, 2.05) is 6.92 Å². The Morgan fingerprint density at radius 3 is 2.79 bits per heavy atom. The summed E-state index contributed by atoms with van der Waals surface area (Å²) in [7, 11) is 0. The number of hydrogen-bond acceptors (Lipinski definition) is 4. The van der Waals surface area contributed by atoms with Gasteiger partial charge < -0.3 is 14.8 Å². The zero-order valence-corrected chi connectivity index (χ0v) is 8.91. The first-order chi connectivity index (χ1) is 6.75. The zero-order chi connectivity index (χ0) is 10.4. The topological polar surface area (TPSA) is 47.6 Å². The third-order valence-corrected chi connectivity index (χ3v) is 2.50. The molecule has 0 aromatic rings. The first-order valence-corrected chi connectivity index (χ1v) is 5.20. The lowest BCUT2D eigenvalue weighted by Gasteiger charge is -2.12. The van der Waals surface area contributed by atoms with Crippen molar-refractivity contribution in [3.8, 4) is 0 Å². The smallest absolute Gasteiger partial charge is 0.310 e. The molecule has 2 unspecified atom stereocenters. The molecule has 1 heterocycles. The Kier molecular flexibility index (Phi) is 4.90. The van der Waals surface area contributed by atoms with Gasteiger partial charge in [-0.2, -0.15) is 0 Å². The molecule has 1 fully saturated rings. The highest BCUT2D eigenvalue weighted by Crippen LogP contribution is 2.16. The van der Waals surface area contributed by atoms with Gasteiger partial charge in [0.15, 0.2) is 0 Å². The molecule has 4 heteroatoms. The van der Waals surface area contributed by atoms with Gasteiger partial charge in [-0.25, -0.2) is 0 Å². The lowest BCUT2D eigenvalue weighted by atomic mass is 9.99. The Labute approximate surface area is 85.0 Å². The van der Waals surface area contributed by atoms with Crippen molar-refractivity contribution in [2.45, 2.75) is 13.8 Å². The van der Waals surface area contributed by atoms with Crippen LogP contribution in [0.15, 0.2) is 0 Å². The molecule has 1 N–H and O–H groups in total. The van der Waals surface area contributed by atoms with E-state index >= 15 is 0 Å². The first kappa shape index (κ1) is 11.5. The highest BCUT2D eigenvalue weighted by molar-refractivity contribution is 5.73. The summed E-state index contributed by atoms with van der Waals surface area (Å²) in [6, 6.07) is 0. The van der Waals surface area contributed by atoms with Gasteiger partial charge >= 0.3 is 5.97 Å². The maximum Gasteiger partial charge on any atom is 0.310 e. The molecule has 4 nitrogen and oxygen atoms in total. The fourth-order valence-electron chi connectivity index (χ4n) is 1.58. The van der Waals surface area contributed by atoms with Crippen LogP contribution in [-0.4, -0.2) is 38.9 Å². The fourth-order valence-corrected chi connectivity index (χ4v) is 1.58. The molecular formula is C10H19NO3. The molecule has 1 saturated heterocycles. The van der Waals surface area contributed by atoms with Crippen molar-refractivity contribution in [3.63, 3.8) is 0 Å². The molecule has 14 heavy (non-hydrogen) atoms. The standard InChI is InChI=1S/C10H19NO3/c1-3-13-4-5-14-10(12)9-7-11-6-8(9)2/h8-9,11H,3-7H2,1-2H3. The van der Waals surface area contributed by atoms with Crippen LogP contribution in [0.2, 0.25) is 0 Å².